The zero-order valence-corrected chi connectivity index (χ0v) is 11.0. The van der Waals surface area contributed by atoms with E-state index in [1.807, 2.05) is 0 Å². The zero-order valence-electron chi connectivity index (χ0n) is 11.0. The van der Waals surface area contributed by atoms with Gasteiger partial charge in [-0.3, -0.25) is 4.79 Å². The molecule has 0 spiro atoms. The van der Waals surface area contributed by atoms with Gasteiger partial charge < -0.3 is 4.74 Å². The van der Waals surface area contributed by atoms with Crippen LogP contribution in [0.4, 0.5) is 0 Å². The summed E-state index contributed by atoms with van der Waals surface area (Å²) in [5.41, 5.74) is 0.670. The molecular weight excluding hydrogens is 244 g/mol. The van der Waals surface area contributed by atoms with Gasteiger partial charge in [-0.25, -0.2) is 4.68 Å². The number of aromatic nitrogens is 4. The molecule has 0 atom stereocenters. The first-order chi connectivity index (χ1) is 9.20. The molecule has 0 saturated heterocycles. The van der Waals surface area contributed by atoms with Crippen LogP contribution in [-0.4, -0.2) is 26.0 Å². The van der Waals surface area contributed by atoms with Crippen molar-refractivity contribution in [2.24, 2.45) is 0 Å². The van der Waals surface area contributed by atoms with Crippen LogP contribution in [0.2, 0.25) is 0 Å². The van der Waals surface area contributed by atoms with E-state index >= 15 is 0 Å². The molecule has 0 fully saturated rings. The van der Waals surface area contributed by atoms with Gasteiger partial charge in [-0.1, -0.05) is 6.92 Å². The summed E-state index contributed by atoms with van der Waals surface area (Å²) in [5, 5.41) is 11.4. The third-order valence-electron chi connectivity index (χ3n) is 2.67. The number of hydrogen-bond donors (Lipinski definition) is 0. The first-order valence-corrected chi connectivity index (χ1v) is 6.19. The Morgan fingerprint density at radius 3 is 2.68 bits per heavy atom. The van der Waals surface area contributed by atoms with Gasteiger partial charge in [-0.05, 0) is 48.0 Å². The summed E-state index contributed by atoms with van der Waals surface area (Å²) in [6.07, 6.45) is 0.964. The molecule has 0 saturated carbocycles. The summed E-state index contributed by atoms with van der Waals surface area (Å²) >= 11 is 0. The van der Waals surface area contributed by atoms with Crippen LogP contribution in [-0.2, 0) is 13.2 Å². The number of Topliss-reactive ketones (excluding diaryl/α,β-unsaturated/α-hetero) is 1. The van der Waals surface area contributed by atoms with Gasteiger partial charge in [0.05, 0.1) is 0 Å². The summed E-state index contributed by atoms with van der Waals surface area (Å²) in [7, 11) is 0. The van der Waals surface area contributed by atoms with Gasteiger partial charge in [0.25, 0.3) is 0 Å². The number of rotatable bonds is 6. The lowest BCUT2D eigenvalue weighted by molar-refractivity contribution is 0.101. The van der Waals surface area contributed by atoms with E-state index in [4.69, 9.17) is 4.74 Å². The van der Waals surface area contributed by atoms with Gasteiger partial charge in [-0.2, -0.15) is 0 Å². The number of tetrazole rings is 1. The second-order valence-corrected chi connectivity index (χ2v) is 4.19. The first kappa shape index (κ1) is 13.2. The molecule has 2 rings (SSSR count). The van der Waals surface area contributed by atoms with E-state index in [0.29, 0.717) is 23.7 Å². The molecule has 0 N–H and O–H groups in total. The Balaban J connectivity index is 1.98. The van der Waals surface area contributed by atoms with Crippen molar-refractivity contribution in [3.8, 4) is 5.75 Å². The molecule has 0 aliphatic carbocycles. The van der Waals surface area contributed by atoms with E-state index in [1.54, 1.807) is 28.9 Å². The van der Waals surface area contributed by atoms with Gasteiger partial charge in [0, 0.05) is 12.1 Å². The Morgan fingerprint density at radius 2 is 2.05 bits per heavy atom. The van der Waals surface area contributed by atoms with Crippen LogP contribution in [0.15, 0.2) is 24.3 Å². The van der Waals surface area contributed by atoms with E-state index in [9.17, 15) is 4.79 Å². The number of aryl methyl sites for hydroxylation is 1. The van der Waals surface area contributed by atoms with Gasteiger partial charge in [0.1, 0.15) is 12.4 Å². The molecule has 19 heavy (non-hydrogen) atoms. The highest BCUT2D eigenvalue weighted by Gasteiger charge is 2.06. The molecule has 6 nitrogen and oxygen atoms in total. The Morgan fingerprint density at radius 1 is 1.32 bits per heavy atom. The lowest BCUT2D eigenvalue weighted by Gasteiger charge is -2.06. The van der Waals surface area contributed by atoms with Crippen molar-refractivity contribution in [3.05, 3.63) is 35.7 Å². The molecule has 6 heteroatoms. The van der Waals surface area contributed by atoms with E-state index in [1.165, 1.54) is 6.92 Å². The number of nitrogens with zero attached hydrogens (tertiary/aromatic N) is 4. The number of hydrogen-bond acceptors (Lipinski definition) is 5. The predicted octanol–water partition coefficient (Wildman–Crippen LogP) is 1.86. The zero-order chi connectivity index (χ0) is 13.7. The maximum absolute atomic E-state index is 11.1. The summed E-state index contributed by atoms with van der Waals surface area (Å²) in [5.74, 6) is 1.42. The highest BCUT2D eigenvalue weighted by Crippen LogP contribution is 2.13. The lowest BCUT2D eigenvalue weighted by Crippen LogP contribution is -2.08. The second-order valence-electron chi connectivity index (χ2n) is 4.19. The minimum absolute atomic E-state index is 0.0402. The molecule has 1 heterocycles. The summed E-state index contributed by atoms with van der Waals surface area (Å²) < 4.78 is 7.32. The molecule has 1 aromatic heterocycles. The smallest absolute Gasteiger partial charge is 0.189 e. The average molecular weight is 260 g/mol. The third kappa shape index (κ3) is 3.37. The normalized spacial score (nSPS) is 10.4. The van der Waals surface area contributed by atoms with E-state index in [2.05, 4.69) is 22.4 Å². The van der Waals surface area contributed by atoms with Crippen LogP contribution in [0.3, 0.4) is 0 Å². The number of benzene rings is 1. The number of carbonyl (C=O) groups is 1. The largest absolute Gasteiger partial charge is 0.486 e. The van der Waals surface area contributed by atoms with Gasteiger partial charge in [-0.15, -0.1) is 5.10 Å². The maximum Gasteiger partial charge on any atom is 0.189 e. The molecular formula is C13H16N4O2. The molecule has 0 aliphatic rings. The van der Waals surface area contributed by atoms with Gasteiger partial charge in [0.2, 0.25) is 0 Å². The highest BCUT2D eigenvalue weighted by molar-refractivity contribution is 5.94. The van der Waals surface area contributed by atoms with Gasteiger partial charge in [0.15, 0.2) is 11.6 Å². The van der Waals surface area contributed by atoms with Crippen molar-refractivity contribution < 1.29 is 9.53 Å². The quantitative estimate of drug-likeness (QED) is 0.741. The molecule has 0 bridgehead atoms. The topological polar surface area (TPSA) is 69.9 Å². The van der Waals surface area contributed by atoms with Crippen molar-refractivity contribution in [1.82, 2.24) is 20.2 Å². The highest BCUT2D eigenvalue weighted by atomic mass is 16.5. The fraction of sp³-hybridized carbons (Fsp3) is 0.385. The molecule has 0 amide bonds. The second kappa shape index (κ2) is 6.08. The van der Waals surface area contributed by atoms with Crippen molar-refractivity contribution >= 4 is 5.78 Å². The third-order valence-corrected chi connectivity index (χ3v) is 2.67. The minimum atomic E-state index is 0.0402. The van der Waals surface area contributed by atoms with Crippen molar-refractivity contribution in [2.45, 2.75) is 33.4 Å². The Labute approximate surface area is 111 Å². The molecule has 0 aliphatic heterocycles. The fourth-order valence-corrected chi connectivity index (χ4v) is 1.65. The van der Waals surface area contributed by atoms with Crippen LogP contribution in [0.5, 0.6) is 5.75 Å². The van der Waals surface area contributed by atoms with Crippen LogP contribution in [0, 0.1) is 0 Å². The maximum atomic E-state index is 11.1. The Bertz CT molecular complexity index is 548. The summed E-state index contributed by atoms with van der Waals surface area (Å²) in [6.45, 7) is 4.68. The monoisotopic (exact) mass is 260 g/mol. The van der Waals surface area contributed by atoms with Crippen molar-refractivity contribution in [2.75, 3.05) is 0 Å². The number of ketones is 1. The molecule has 1 aromatic carbocycles. The van der Waals surface area contributed by atoms with E-state index in [0.717, 1.165) is 13.0 Å². The van der Waals surface area contributed by atoms with Crippen molar-refractivity contribution in [3.63, 3.8) is 0 Å². The first-order valence-electron chi connectivity index (χ1n) is 6.19. The summed E-state index contributed by atoms with van der Waals surface area (Å²) in [4.78, 5) is 11.1. The van der Waals surface area contributed by atoms with Crippen LogP contribution in [0.1, 0.15) is 36.5 Å². The number of ether oxygens (including phenoxy) is 1. The molecule has 100 valence electrons. The fourth-order valence-electron chi connectivity index (χ4n) is 1.65. The molecule has 0 radical (unpaired) electrons. The Hall–Kier alpha value is -2.24. The Kier molecular flexibility index (Phi) is 4.22. The minimum Gasteiger partial charge on any atom is -0.486 e. The van der Waals surface area contributed by atoms with Crippen molar-refractivity contribution in [1.29, 1.82) is 0 Å². The van der Waals surface area contributed by atoms with Crippen LogP contribution < -0.4 is 4.74 Å². The molecule has 2 aromatic rings. The van der Waals surface area contributed by atoms with Crippen LogP contribution >= 0.6 is 0 Å². The average Bonchev–Trinajstić information content (AvgIpc) is 2.85. The van der Waals surface area contributed by atoms with Crippen LogP contribution in [0.25, 0.3) is 0 Å². The van der Waals surface area contributed by atoms with E-state index in [-0.39, 0.29) is 5.78 Å². The molecule has 0 unspecified atom stereocenters. The summed E-state index contributed by atoms with van der Waals surface area (Å²) in [6, 6.07) is 7.02. The van der Waals surface area contributed by atoms with Gasteiger partial charge >= 0.3 is 0 Å². The predicted molar refractivity (Wildman–Crippen MR) is 68.9 cm³/mol. The van der Waals surface area contributed by atoms with E-state index < -0.39 is 0 Å². The number of carbonyl (C=O) groups excluding carboxylic acids is 1. The SMILES string of the molecule is CCCn1nnnc1COc1ccc(C(C)=O)cc1. The standard InChI is InChI=1S/C13H16N4O2/c1-3-8-17-13(14-15-16-17)9-19-12-6-4-11(5-7-12)10(2)18/h4-7H,3,8-9H2,1-2H3. The lowest BCUT2D eigenvalue weighted by atomic mass is 10.1.